The Kier molecular flexibility index (Phi) is 5.78. The van der Waals surface area contributed by atoms with Gasteiger partial charge in [0.2, 0.25) is 5.76 Å². The van der Waals surface area contributed by atoms with Crippen molar-refractivity contribution in [2.45, 2.75) is 25.7 Å². The number of hydrogen-bond donors (Lipinski definition) is 1. The highest BCUT2D eigenvalue weighted by Gasteiger charge is 2.36. The standard InChI is InChI=1S/C26H18F4N6O3/c27-18-6-5-14(12-19-15-3-1-2-4-16(15)24(37)34-31-19)11-17(18)25(38)35-9-10-36-22(13-35)32-33-23(36)20-7-8-21(39-20)26(28,29)30/h1-8,11H,9-10,12-13H2,(H,34,37). The maximum atomic E-state index is 14.8. The Morgan fingerprint density at radius 2 is 1.82 bits per heavy atom. The van der Waals surface area contributed by atoms with E-state index in [1.807, 2.05) is 0 Å². The van der Waals surface area contributed by atoms with Crippen LogP contribution in [0.3, 0.4) is 0 Å². The molecular formula is C26H18F4N6O3. The molecule has 5 aromatic rings. The second-order valence-corrected chi connectivity index (χ2v) is 9.02. The number of carbonyl (C=O) groups is 1. The summed E-state index contributed by atoms with van der Waals surface area (Å²) in [5, 5.41) is 15.7. The van der Waals surface area contributed by atoms with Gasteiger partial charge in [-0.3, -0.25) is 9.59 Å². The second-order valence-electron chi connectivity index (χ2n) is 9.02. The Morgan fingerprint density at radius 3 is 2.59 bits per heavy atom. The molecule has 0 saturated carbocycles. The summed E-state index contributed by atoms with van der Waals surface area (Å²) in [5.41, 5.74) is 0.721. The van der Waals surface area contributed by atoms with Crippen molar-refractivity contribution >= 4 is 16.7 Å². The first kappa shape index (κ1) is 24.5. The molecule has 1 amide bonds. The highest BCUT2D eigenvalue weighted by atomic mass is 19.4. The highest BCUT2D eigenvalue weighted by Crippen LogP contribution is 2.34. The first-order valence-electron chi connectivity index (χ1n) is 11.8. The average Bonchev–Trinajstić information content (AvgIpc) is 3.58. The maximum absolute atomic E-state index is 14.8. The molecule has 0 spiro atoms. The van der Waals surface area contributed by atoms with Crippen molar-refractivity contribution in [2.24, 2.45) is 0 Å². The Balaban J connectivity index is 1.24. The number of aromatic nitrogens is 5. The van der Waals surface area contributed by atoms with Gasteiger partial charge in [-0.15, -0.1) is 10.2 Å². The molecule has 9 nitrogen and oxygen atoms in total. The van der Waals surface area contributed by atoms with Crippen LogP contribution in [0.1, 0.15) is 33.2 Å². The Morgan fingerprint density at radius 1 is 1.03 bits per heavy atom. The molecule has 2 aromatic carbocycles. The molecular weight excluding hydrogens is 520 g/mol. The maximum Gasteiger partial charge on any atom is 0.449 e. The number of hydrogen-bond acceptors (Lipinski definition) is 6. The number of benzene rings is 2. The monoisotopic (exact) mass is 538 g/mol. The van der Waals surface area contributed by atoms with Gasteiger partial charge in [-0.25, -0.2) is 9.49 Å². The Labute approximate surface area is 216 Å². The van der Waals surface area contributed by atoms with Crippen LogP contribution in [-0.4, -0.2) is 42.3 Å². The molecule has 0 saturated heterocycles. The topological polar surface area (TPSA) is 110 Å². The first-order valence-corrected chi connectivity index (χ1v) is 11.8. The third-order valence-corrected chi connectivity index (χ3v) is 6.55. The van der Waals surface area contributed by atoms with E-state index in [0.29, 0.717) is 27.9 Å². The highest BCUT2D eigenvalue weighted by molar-refractivity contribution is 5.94. The van der Waals surface area contributed by atoms with Crippen LogP contribution in [-0.2, 0) is 25.7 Å². The molecule has 1 aliphatic heterocycles. The van der Waals surface area contributed by atoms with Gasteiger partial charge in [-0.2, -0.15) is 18.3 Å². The molecule has 198 valence electrons. The van der Waals surface area contributed by atoms with E-state index in [2.05, 4.69) is 20.4 Å². The van der Waals surface area contributed by atoms with Gasteiger partial charge < -0.3 is 13.9 Å². The minimum absolute atomic E-state index is 0.0194. The second kappa shape index (κ2) is 9.19. The summed E-state index contributed by atoms with van der Waals surface area (Å²) < 4.78 is 60.0. The minimum Gasteiger partial charge on any atom is -0.448 e. The molecule has 4 heterocycles. The molecule has 13 heteroatoms. The lowest BCUT2D eigenvalue weighted by Crippen LogP contribution is -2.39. The number of halogens is 4. The van der Waals surface area contributed by atoms with E-state index in [-0.39, 0.29) is 48.8 Å². The van der Waals surface area contributed by atoms with Crippen molar-refractivity contribution in [1.29, 1.82) is 0 Å². The molecule has 1 aliphatic rings. The summed E-state index contributed by atoms with van der Waals surface area (Å²) in [5.74, 6) is -2.07. The molecule has 0 fully saturated rings. The van der Waals surface area contributed by atoms with Crippen LogP contribution in [0.15, 0.2) is 63.8 Å². The number of furan rings is 1. The lowest BCUT2D eigenvalue weighted by molar-refractivity contribution is -0.152. The fourth-order valence-electron chi connectivity index (χ4n) is 4.64. The summed E-state index contributed by atoms with van der Waals surface area (Å²) in [6, 6.07) is 13.2. The molecule has 0 atom stereocenters. The fraction of sp³-hybridized carbons (Fsp3) is 0.192. The van der Waals surface area contributed by atoms with Gasteiger partial charge >= 0.3 is 6.18 Å². The summed E-state index contributed by atoms with van der Waals surface area (Å²) in [6.07, 6.45) is -4.38. The molecule has 0 aliphatic carbocycles. The molecule has 3 aromatic heterocycles. The number of nitrogens with zero attached hydrogens (tertiary/aromatic N) is 5. The predicted molar refractivity (Wildman–Crippen MR) is 129 cm³/mol. The number of H-pyrrole nitrogens is 1. The van der Waals surface area contributed by atoms with Gasteiger partial charge in [-0.05, 0) is 35.9 Å². The van der Waals surface area contributed by atoms with E-state index in [1.165, 1.54) is 23.1 Å². The van der Waals surface area contributed by atoms with Gasteiger partial charge in [0, 0.05) is 24.9 Å². The Bertz CT molecular complexity index is 1790. The fourth-order valence-corrected chi connectivity index (χ4v) is 4.64. The summed E-state index contributed by atoms with van der Waals surface area (Å²) in [6.45, 7) is 0.313. The number of alkyl halides is 3. The van der Waals surface area contributed by atoms with E-state index < -0.39 is 23.7 Å². The molecule has 0 radical (unpaired) electrons. The van der Waals surface area contributed by atoms with Gasteiger partial charge in [0.15, 0.2) is 17.4 Å². The van der Waals surface area contributed by atoms with E-state index in [4.69, 9.17) is 4.42 Å². The molecule has 6 rings (SSSR count). The quantitative estimate of drug-likeness (QED) is 0.344. The van der Waals surface area contributed by atoms with Gasteiger partial charge in [0.25, 0.3) is 11.5 Å². The normalized spacial score (nSPS) is 13.6. The lowest BCUT2D eigenvalue weighted by atomic mass is 10.0. The van der Waals surface area contributed by atoms with Crippen LogP contribution in [0.25, 0.3) is 22.4 Å². The number of rotatable bonds is 4. The molecule has 1 N–H and O–H groups in total. The molecule has 0 bridgehead atoms. The predicted octanol–water partition coefficient (Wildman–Crippen LogP) is 4.18. The summed E-state index contributed by atoms with van der Waals surface area (Å²) in [4.78, 5) is 26.8. The van der Waals surface area contributed by atoms with Crippen molar-refractivity contribution in [1.82, 2.24) is 29.9 Å². The zero-order valence-electron chi connectivity index (χ0n) is 20.0. The molecule has 0 unspecified atom stereocenters. The molecule has 39 heavy (non-hydrogen) atoms. The average molecular weight is 538 g/mol. The van der Waals surface area contributed by atoms with Crippen LogP contribution in [0.2, 0.25) is 0 Å². The third kappa shape index (κ3) is 4.45. The SMILES string of the molecule is O=C(c1cc(Cc2n[nH]c(=O)c3ccccc23)ccc1F)N1CCn2c(nnc2-c2ccc(C(F)(F)F)o2)C1. The van der Waals surface area contributed by atoms with E-state index >= 15 is 0 Å². The van der Waals surface area contributed by atoms with E-state index in [9.17, 15) is 27.2 Å². The smallest absolute Gasteiger partial charge is 0.448 e. The number of carbonyl (C=O) groups excluding carboxylic acids is 1. The zero-order chi connectivity index (χ0) is 27.3. The van der Waals surface area contributed by atoms with Crippen LogP contribution in [0.5, 0.6) is 0 Å². The van der Waals surface area contributed by atoms with Crippen LogP contribution >= 0.6 is 0 Å². The van der Waals surface area contributed by atoms with Crippen LogP contribution in [0.4, 0.5) is 17.6 Å². The zero-order valence-corrected chi connectivity index (χ0v) is 20.0. The van der Waals surface area contributed by atoms with Crippen LogP contribution < -0.4 is 5.56 Å². The van der Waals surface area contributed by atoms with Crippen molar-refractivity contribution in [3.63, 3.8) is 0 Å². The number of fused-ring (bicyclic) bond motifs is 2. The largest absolute Gasteiger partial charge is 0.449 e. The van der Waals surface area contributed by atoms with Gasteiger partial charge in [-0.1, -0.05) is 24.3 Å². The number of aromatic amines is 1. The van der Waals surface area contributed by atoms with E-state index in [1.54, 1.807) is 34.9 Å². The summed E-state index contributed by atoms with van der Waals surface area (Å²) in [7, 11) is 0. The number of nitrogens with one attached hydrogen (secondary N) is 1. The van der Waals surface area contributed by atoms with Crippen LogP contribution in [0, 0.1) is 5.82 Å². The van der Waals surface area contributed by atoms with Gasteiger partial charge in [0.05, 0.1) is 23.2 Å². The summed E-state index contributed by atoms with van der Waals surface area (Å²) >= 11 is 0. The van der Waals surface area contributed by atoms with Crippen molar-refractivity contribution < 1.29 is 26.8 Å². The van der Waals surface area contributed by atoms with Gasteiger partial charge in [0.1, 0.15) is 5.82 Å². The Hall–Kier alpha value is -4.81. The van der Waals surface area contributed by atoms with Crippen molar-refractivity contribution in [3.8, 4) is 11.6 Å². The van der Waals surface area contributed by atoms with Crippen molar-refractivity contribution in [3.05, 3.63) is 99.2 Å². The van der Waals surface area contributed by atoms with E-state index in [0.717, 1.165) is 6.07 Å². The minimum atomic E-state index is -4.63. The first-order chi connectivity index (χ1) is 18.7. The third-order valence-electron chi connectivity index (χ3n) is 6.55. The number of amides is 1. The lowest BCUT2D eigenvalue weighted by Gasteiger charge is -2.28. The van der Waals surface area contributed by atoms with Crippen molar-refractivity contribution in [2.75, 3.05) is 6.54 Å².